The minimum absolute atomic E-state index is 0.139. The summed E-state index contributed by atoms with van der Waals surface area (Å²) in [5.41, 5.74) is 0. The Morgan fingerprint density at radius 3 is 2.00 bits per heavy atom. The molecule has 0 aromatic heterocycles. The van der Waals surface area contributed by atoms with E-state index >= 15 is 0 Å². The van der Waals surface area contributed by atoms with Gasteiger partial charge in [-0.05, 0) is 6.92 Å². The van der Waals surface area contributed by atoms with Crippen LogP contribution in [-0.2, 0) is 0 Å². The third-order valence-corrected chi connectivity index (χ3v) is 1.76. The Morgan fingerprint density at radius 2 is 2.00 bits per heavy atom. The second kappa shape index (κ2) is 5.09. The molecule has 1 heterocycles. The van der Waals surface area contributed by atoms with Gasteiger partial charge in [0.05, 0.1) is 12.7 Å². The third kappa shape index (κ3) is 11.7. The standard InChI is InChI=1S/C3H8O2.C3H6S/c1-3(5)2-4;1-3-2-4-3/h3-5H,2H2,1H3;3H,2H2,1H3. The van der Waals surface area contributed by atoms with Crippen LogP contribution in [0.25, 0.3) is 0 Å². The molecule has 1 saturated heterocycles. The first kappa shape index (κ1) is 9.27. The van der Waals surface area contributed by atoms with Gasteiger partial charge in [0.1, 0.15) is 0 Å². The molecule has 0 amide bonds. The summed E-state index contributed by atoms with van der Waals surface area (Å²) in [4.78, 5) is 0. The first-order chi connectivity index (χ1) is 4.16. The van der Waals surface area contributed by atoms with Crippen molar-refractivity contribution in [1.29, 1.82) is 0 Å². The monoisotopic (exact) mass is 150 g/mol. The minimum Gasteiger partial charge on any atom is -0.394 e. The van der Waals surface area contributed by atoms with Crippen LogP contribution in [0.4, 0.5) is 0 Å². The van der Waals surface area contributed by atoms with E-state index in [-0.39, 0.29) is 6.61 Å². The first-order valence-corrected chi connectivity index (χ1v) is 4.12. The summed E-state index contributed by atoms with van der Waals surface area (Å²) in [6.45, 7) is 3.63. The zero-order valence-corrected chi connectivity index (χ0v) is 6.69. The van der Waals surface area contributed by atoms with Gasteiger partial charge in [0.25, 0.3) is 0 Å². The van der Waals surface area contributed by atoms with Crippen molar-refractivity contribution >= 4 is 11.8 Å². The molecule has 0 bridgehead atoms. The van der Waals surface area contributed by atoms with Crippen LogP contribution in [0.1, 0.15) is 13.8 Å². The van der Waals surface area contributed by atoms with E-state index in [2.05, 4.69) is 6.92 Å². The van der Waals surface area contributed by atoms with E-state index < -0.39 is 6.10 Å². The van der Waals surface area contributed by atoms with Gasteiger partial charge in [-0.15, -0.1) is 0 Å². The summed E-state index contributed by atoms with van der Waals surface area (Å²) in [5, 5.41) is 17.0. The summed E-state index contributed by atoms with van der Waals surface area (Å²) in [7, 11) is 0. The fourth-order valence-corrected chi connectivity index (χ4v) is 0.289. The molecule has 2 N–H and O–H groups in total. The SMILES string of the molecule is CC(O)CO.CC1CS1. The summed E-state index contributed by atoms with van der Waals surface area (Å²) in [6.07, 6.45) is -0.560. The Hall–Kier alpha value is 0.270. The van der Waals surface area contributed by atoms with Crippen LogP contribution >= 0.6 is 11.8 Å². The smallest absolute Gasteiger partial charge is 0.0742 e. The Balaban J connectivity index is 0.000000144. The van der Waals surface area contributed by atoms with Gasteiger partial charge in [0.2, 0.25) is 0 Å². The molecule has 0 aliphatic carbocycles. The molecule has 2 nitrogen and oxygen atoms in total. The highest BCUT2D eigenvalue weighted by atomic mass is 32.2. The van der Waals surface area contributed by atoms with Gasteiger partial charge >= 0.3 is 0 Å². The molecule has 0 saturated carbocycles. The van der Waals surface area contributed by atoms with Gasteiger partial charge < -0.3 is 10.2 Å². The van der Waals surface area contributed by atoms with E-state index in [9.17, 15) is 0 Å². The predicted octanol–water partition coefficient (Wildman–Crippen LogP) is 0.481. The van der Waals surface area contributed by atoms with E-state index in [1.807, 2.05) is 11.8 Å². The molecular weight excluding hydrogens is 136 g/mol. The zero-order chi connectivity index (χ0) is 7.28. The van der Waals surface area contributed by atoms with Crippen LogP contribution in [-0.4, -0.2) is 33.9 Å². The van der Waals surface area contributed by atoms with E-state index in [1.165, 1.54) is 12.7 Å². The second-order valence-corrected chi connectivity index (χ2v) is 3.65. The van der Waals surface area contributed by atoms with Crippen LogP contribution in [0.5, 0.6) is 0 Å². The lowest BCUT2D eigenvalue weighted by molar-refractivity contribution is 0.110. The molecule has 3 heteroatoms. The number of hydrogen-bond acceptors (Lipinski definition) is 3. The van der Waals surface area contributed by atoms with E-state index in [4.69, 9.17) is 10.2 Å². The van der Waals surface area contributed by atoms with Gasteiger partial charge in [0.15, 0.2) is 0 Å². The zero-order valence-electron chi connectivity index (χ0n) is 5.87. The van der Waals surface area contributed by atoms with Gasteiger partial charge in [-0.25, -0.2) is 0 Å². The van der Waals surface area contributed by atoms with Crippen LogP contribution in [0, 0.1) is 0 Å². The largest absolute Gasteiger partial charge is 0.394 e. The molecule has 56 valence electrons. The highest BCUT2D eigenvalue weighted by molar-refractivity contribution is 8.06. The first-order valence-electron chi connectivity index (χ1n) is 3.07. The van der Waals surface area contributed by atoms with Crippen molar-refractivity contribution < 1.29 is 10.2 Å². The molecule has 9 heavy (non-hydrogen) atoms. The Morgan fingerprint density at radius 1 is 1.78 bits per heavy atom. The second-order valence-electron chi connectivity index (χ2n) is 2.18. The topological polar surface area (TPSA) is 40.5 Å². The van der Waals surface area contributed by atoms with Crippen LogP contribution < -0.4 is 0 Å². The molecule has 0 spiro atoms. The van der Waals surface area contributed by atoms with Crippen molar-refractivity contribution in [2.24, 2.45) is 0 Å². The maximum atomic E-state index is 8.11. The summed E-state index contributed by atoms with van der Waals surface area (Å²) in [5.74, 6) is 1.40. The average molecular weight is 150 g/mol. The van der Waals surface area contributed by atoms with E-state index in [1.54, 1.807) is 0 Å². The van der Waals surface area contributed by atoms with Crippen molar-refractivity contribution in [2.45, 2.75) is 25.2 Å². The summed E-state index contributed by atoms with van der Waals surface area (Å²) < 4.78 is 0. The molecule has 1 aliphatic heterocycles. The minimum atomic E-state index is -0.560. The molecule has 1 aliphatic rings. The highest BCUT2D eigenvalue weighted by Crippen LogP contribution is 2.28. The Kier molecular flexibility index (Phi) is 5.24. The quantitative estimate of drug-likeness (QED) is 0.534. The molecule has 0 aromatic rings. The fourth-order valence-electron chi connectivity index (χ4n) is 0.0962. The van der Waals surface area contributed by atoms with Crippen molar-refractivity contribution in [3.05, 3.63) is 0 Å². The van der Waals surface area contributed by atoms with Crippen LogP contribution in [0.15, 0.2) is 0 Å². The molecule has 2 atom stereocenters. The molecule has 1 fully saturated rings. The van der Waals surface area contributed by atoms with Crippen molar-refractivity contribution in [2.75, 3.05) is 12.4 Å². The lowest BCUT2D eigenvalue weighted by Crippen LogP contribution is -2.03. The normalized spacial score (nSPS) is 26.0. The molecule has 0 radical (unpaired) electrons. The highest BCUT2D eigenvalue weighted by Gasteiger charge is 2.13. The Labute approximate surface area is 60.3 Å². The molecule has 0 aromatic carbocycles. The number of aliphatic hydroxyl groups excluding tert-OH is 2. The number of rotatable bonds is 1. The van der Waals surface area contributed by atoms with Crippen molar-refractivity contribution in [1.82, 2.24) is 0 Å². The fraction of sp³-hybridized carbons (Fsp3) is 1.00. The lowest BCUT2D eigenvalue weighted by Gasteiger charge is -1.90. The van der Waals surface area contributed by atoms with Crippen molar-refractivity contribution in [3.63, 3.8) is 0 Å². The van der Waals surface area contributed by atoms with Crippen LogP contribution in [0.3, 0.4) is 0 Å². The third-order valence-electron chi connectivity index (χ3n) is 0.764. The van der Waals surface area contributed by atoms with Crippen LogP contribution in [0.2, 0.25) is 0 Å². The lowest BCUT2D eigenvalue weighted by atomic mass is 10.5. The maximum absolute atomic E-state index is 8.11. The summed E-state index contributed by atoms with van der Waals surface area (Å²) in [6, 6.07) is 0. The predicted molar refractivity (Wildman–Crippen MR) is 40.7 cm³/mol. The van der Waals surface area contributed by atoms with Gasteiger partial charge in [0, 0.05) is 11.0 Å². The molecule has 1 rings (SSSR count). The number of hydrogen-bond donors (Lipinski definition) is 2. The summed E-state index contributed by atoms with van der Waals surface area (Å²) >= 11 is 2.02. The average Bonchev–Trinajstić information content (AvgIpc) is 2.53. The molecule has 2 unspecified atom stereocenters. The van der Waals surface area contributed by atoms with Gasteiger partial charge in [-0.3, -0.25) is 0 Å². The van der Waals surface area contributed by atoms with Gasteiger partial charge in [-0.2, -0.15) is 11.8 Å². The van der Waals surface area contributed by atoms with Crippen molar-refractivity contribution in [3.8, 4) is 0 Å². The number of thioether (sulfide) groups is 1. The van der Waals surface area contributed by atoms with Gasteiger partial charge in [-0.1, -0.05) is 6.92 Å². The van der Waals surface area contributed by atoms with E-state index in [0.717, 1.165) is 5.25 Å². The maximum Gasteiger partial charge on any atom is 0.0742 e. The molecular formula is C6H14O2S. The number of aliphatic hydroxyl groups is 2. The Bertz CT molecular complexity index is 62.1. The van der Waals surface area contributed by atoms with E-state index in [0.29, 0.717) is 0 Å².